The van der Waals surface area contributed by atoms with Crippen LogP contribution in [0.25, 0.3) is 0 Å². The van der Waals surface area contributed by atoms with Gasteiger partial charge in [0.05, 0.1) is 43.0 Å². The Bertz CT molecular complexity index is 1000. The average Bonchev–Trinajstić information content (AvgIpc) is 3.15. The van der Waals surface area contributed by atoms with E-state index in [0.717, 1.165) is 4.67 Å². The summed E-state index contributed by atoms with van der Waals surface area (Å²) in [6.45, 7) is 1.28. The van der Waals surface area contributed by atoms with Crippen LogP contribution in [0.5, 0.6) is 0 Å². The van der Waals surface area contributed by atoms with Crippen molar-refractivity contribution in [2.75, 3.05) is 20.3 Å². The average molecular weight is 525 g/mol. The summed E-state index contributed by atoms with van der Waals surface area (Å²) in [6, 6.07) is 9.54. The van der Waals surface area contributed by atoms with E-state index < -0.39 is 49.7 Å². The maximum absolute atomic E-state index is 13.2. The van der Waals surface area contributed by atoms with Crippen LogP contribution < -0.4 is 5.32 Å². The van der Waals surface area contributed by atoms with Crippen molar-refractivity contribution in [1.29, 1.82) is 0 Å². The van der Waals surface area contributed by atoms with E-state index in [4.69, 9.17) is 9.26 Å². The highest BCUT2D eigenvalue weighted by molar-refractivity contribution is 7.44. The molecule has 1 heterocycles. The molecule has 2 aromatic carbocycles. The predicted octanol–water partition coefficient (Wildman–Crippen LogP) is 5.71. The van der Waals surface area contributed by atoms with Crippen molar-refractivity contribution in [2.24, 2.45) is 0 Å². The number of alkyl halides is 6. The molecule has 0 spiro atoms. The molecule has 6 nitrogen and oxygen atoms in total. The number of rotatable bonds is 8. The Hall–Kier alpha value is -2.40. The van der Waals surface area contributed by atoms with E-state index in [1.54, 1.807) is 30.3 Å². The van der Waals surface area contributed by atoms with Gasteiger partial charge in [-0.25, -0.2) is 4.79 Å². The molecule has 192 valence electrons. The van der Waals surface area contributed by atoms with Gasteiger partial charge in [-0.15, -0.1) is 4.67 Å². The molecule has 1 aliphatic heterocycles. The lowest BCUT2D eigenvalue weighted by atomic mass is 9.88. The molecule has 2 amide bonds. The first-order valence-electron chi connectivity index (χ1n) is 10.4. The molecule has 1 fully saturated rings. The highest BCUT2D eigenvalue weighted by atomic mass is 31.2. The molecule has 2 N–H and O–H groups in total. The number of nitrogens with one attached hydrogen (secondary N) is 1. The molecule has 0 saturated carbocycles. The molecule has 35 heavy (non-hydrogen) atoms. The zero-order valence-electron chi connectivity index (χ0n) is 18.7. The van der Waals surface area contributed by atoms with Crippen LogP contribution in [0.2, 0.25) is 0 Å². The normalized spacial score (nSPS) is 20.6. The Labute approximate surface area is 198 Å². The standard InChI is InChI=1S/C22H23F6N2O4P/c1-14(15-10-17(21(23,24)25)12-18(11-15)22(26,27)28)34-9-8-20(16-6-4-3-5-7-16)13-30(19(31)29-20)35(32)33-2/h3-7,10-12,14,32H,8-9,13H2,1-2H3,(H,29,31)/p+1/t14?,20-,35?/m0/s1. The smallest absolute Gasteiger partial charge is 0.374 e. The Morgan fingerprint density at radius 3 is 2.17 bits per heavy atom. The summed E-state index contributed by atoms with van der Waals surface area (Å²) in [5.41, 5.74) is -3.45. The summed E-state index contributed by atoms with van der Waals surface area (Å²) < 4.78 is 90.8. The molecule has 13 heteroatoms. The van der Waals surface area contributed by atoms with Gasteiger partial charge in [0.15, 0.2) is 0 Å². The van der Waals surface area contributed by atoms with Gasteiger partial charge in [-0.3, -0.25) is 0 Å². The van der Waals surface area contributed by atoms with Crippen molar-refractivity contribution >= 4 is 14.6 Å². The first-order valence-corrected chi connectivity index (χ1v) is 11.7. The third kappa shape index (κ3) is 6.24. The van der Waals surface area contributed by atoms with E-state index >= 15 is 0 Å². The molecule has 2 aromatic rings. The fourth-order valence-corrected chi connectivity index (χ4v) is 4.70. The Morgan fingerprint density at radius 2 is 1.66 bits per heavy atom. The third-order valence-electron chi connectivity index (χ3n) is 5.74. The summed E-state index contributed by atoms with van der Waals surface area (Å²) >= 11 is 0. The van der Waals surface area contributed by atoms with E-state index in [1.165, 1.54) is 14.0 Å². The minimum atomic E-state index is -4.96. The Balaban J connectivity index is 1.81. The molecule has 2 unspecified atom stereocenters. The van der Waals surface area contributed by atoms with E-state index in [-0.39, 0.29) is 31.2 Å². The maximum atomic E-state index is 13.2. The monoisotopic (exact) mass is 525 g/mol. The quantitative estimate of drug-likeness (QED) is 0.342. The van der Waals surface area contributed by atoms with Crippen LogP contribution in [0.15, 0.2) is 48.5 Å². The van der Waals surface area contributed by atoms with Crippen molar-refractivity contribution in [1.82, 2.24) is 9.99 Å². The molecular formula is C22H24F6N2O4P+. The fraction of sp³-hybridized carbons (Fsp3) is 0.409. The summed E-state index contributed by atoms with van der Waals surface area (Å²) in [4.78, 5) is 22.6. The van der Waals surface area contributed by atoms with Crippen molar-refractivity contribution in [3.63, 3.8) is 0 Å². The molecule has 1 aliphatic rings. The van der Waals surface area contributed by atoms with Crippen LogP contribution >= 0.6 is 8.53 Å². The van der Waals surface area contributed by atoms with Crippen LogP contribution in [0.3, 0.4) is 0 Å². The lowest BCUT2D eigenvalue weighted by molar-refractivity contribution is -0.143. The molecule has 0 bridgehead atoms. The number of carbonyl (C=O) groups excluding carboxylic acids is 1. The van der Waals surface area contributed by atoms with E-state index in [0.29, 0.717) is 17.7 Å². The molecule has 3 atom stereocenters. The second kappa shape index (κ2) is 10.3. The van der Waals surface area contributed by atoms with E-state index in [1.807, 2.05) is 0 Å². The van der Waals surface area contributed by atoms with Gasteiger partial charge in [-0.2, -0.15) is 35.8 Å². The minimum absolute atomic E-state index is 0.0357. The maximum Gasteiger partial charge on any atom is 0.416 e. The summed E-state index contributed by atoms with van der Waals surface area (Å²) in [7, 11) is -1.32. The molecule has 0 aliphatic carbocycles. The van der Waals surface area contributed by atoms with E-state index in [9.17, 15) is 36.0 Å². The first kappa shape index (κ1) is 27.2. The van der Waals surface area contributed by atoms with Gasteiger partial charge in [-0.05, 0) is 36.2 Å². The number of benzene rings is 2. The van der Waals surface area contributed by atoms with Crippen LogP contribution in [-0.4, -0.2) is 35.9 Å². The van der Waals surface area contributed by atoms with Crippen LogP contribution in [0, 0.1) is 0 Å². The zero-order valence-corrected chi connectivity index (χ0v) is 19.7. The van der Waals surface area contributed by atoms with Crippen LogP contribution in [-0.2, 0) is 27.2 Å². The number of amides is 2. The van der Waals surface area contributed by atoms with Crippen molar-refractivity contribution in [2.45, 2.75) is 37.3 Å². The van der Waals surface area contributed by atoms with Crippen molar-refractivity contribution in [3.8, 4) is 0 Å². The second-order valence-corrected chi connectivity index (χ2v) is 9.57. The second-order valence-electron chi connectivity index (χ2n) is 8.05. The molecule has 0 aromatic heterocycles. The summed E-state index contributed by atoms with van der Waals surface area (Å²) in [5.74, 6) is 0. The van der Waals surface area contributed by atoms with Crippen LogP contribution in [0.4, 0.5) is 31.1 Å². The van der Waals surface area contributed by atoms with E-state index in [2.05, 4.69) is 5.32 Å². The lowest BCUT2D eigenvalue weighted by Crippen LogP contribution is -2.41. The number of hydrogen-bond donors (Lipinski definition) is 2. The highest BCUT2D eigenvalue weighted by Crippen LogP contribution is 2.44. The number of carbonyl (C=O) groups is 1. The van der Waals surface area contributed by atoms with Gasteiger partial charge in [0, 0.05) is 6.42 Å². The van der Waals surface area contributed by atoms with Crippen molar-refractivity contribution < 1.29 is 45.3 Å². The summed E-state index contributed by atoms with van der Waals surface area (Å²) in [6.07, 6.45) is -10.9. The zero-order chi connectivity index (χ0) is 26.0. The molecule has 3 rings (SSSR count). The Morgan fingerprint density at radius 1 is 1.09 bits per heavy atom. The number of hydrogen-bond acceptors (Lipinski definition) is 4. The predicted molar refractivity (Wildman–Crippen MR) is 116 cm³/mol. The topological polar surface area (TPSA) is 71.0 Å². The molecule has 0 radical (unpaired) electrons. The molecular weight excluding hydrogens is 501 g/mol. The third-order valence-corrected chi connectivity index (χ3v) is 6.92. The minimum Gasteiger partial charge on any atom is -0.374 e. The van der Waals surface area contributed by atoms with Crippen LogP contribution in [0.1, 0.15) is 41.7 Å². The largest absolute Gasteiger partial charge is 0.416 e. The number of halogens is 6. The van der Waals surface area contributed by atoms with Gasteiger partial charge in [-0.1, -0.05) is 30.3 Å². The Kier molecular flexibility index (Phi) is 8.00. The fourth-order valence-electron chi connectivity index (χ4n) is 3.84. The number of ether oxygens (including phenoxy) is 1. The SMILES string of the molecule is CO[PH+](O)N1C[C@@](CCOC(C)c2cc(C(F)(F)F)cc(C(F)(F)F)c2)(c2ccccc2)NC1=O. The first-order chi connectivity index (χ1) is 16.3. The van der Waals surface area contributed by atoms with Gasteiger partial charge in [0.25, 0.3) is 0 Å². The van der Waals surface area contributed by atoms with Gasteiger partial charge in [0.1, 0.15) is 0 Å². The number of urea groups is 1. The number of nitrogens with zero attached hydrogens (tertiary/aromatic N) is 1. The highest BCUT2D eigenvalue weighted by Gasteiger charge is 2.49. The molecule has 1 saturated heterocycles. The van der Waals surface area contributed by atoms with Gasteiger partial charge >= 0.3 is 26.9 Å². The van der Waals surface area contributed by atoms with Crippen molar-refractivity contribution in [3.05, 3.63) is 70.8 Å². The lowest BCUT2D eigenvalue weighted by Gasteiger charge is -2.29. The summed E-state index contributed by atoms with van der Waals surface area (Å²) in [5, 5.41) is 2.82. The van der Waals surface area contributed by atoms with Gasteiger partial charge in [0.2, 0.25) is 0 Å². The van der Waals surface area contributed by atoms with Gasteiger partial charge < -0.3 is 10.1 Å².